The fourth-order valence-electron chi connectivity index (χ4n) is 3.32. The Morgan fingerprint density at radius 2 is 0.867 bits per heavy atom. The molecule has 150 valence electrons. The molecule has 1 N–H and O–H groups in total. The highest BCUT2D eigenvalue weighted by Crippen LogP contribution is 2.31. The van der Waals surface area contributed by atoms with Crippen LogP contribution in [0.4, 0.5) is 0 Å². The second kappa shape index (κ2) is 9.77. The minimum absolute atomic E-state index is 0.150. The van der Waals surface area contributed by atoms with Gasteiger partial charge in [-0.15, -0.1) is 0 Å². The molecule has 0 radical (unpaired) electrons. The first kappa shape index (κ1) is 19.7. The van der Waals surface area contributed by atoms with Crippen molar-refractivity contribution in [2.24, 2.45) is 0 Å². The molecule has 0 amide bonds. The predicted molar refractivity (Wildman–Crippen MR) is 121 cm³/mol. The Kier molecular flexibility index (Phi) is 6.43. The van der Waals surface area contributed by atoms with Crippen LogP contribution in [0, 0.1) is 0 Å². The van der Waals surface area contributed by atoms with Crippen LogP contribution in [0.25, 0.3) is 22.3 Å². The summed E-state index contributed by atoms with van der Waals surface area (Å²) < 4.78 is 11.9. The molecule has 0 spiro atoms. The average molecular weight is 396 g/mol. The van der Waals surface area contributed by atoms with Crippen LogP contribution in [0.5, 0.6) is 11.5 Å². The number of aliphatic hydroxyl groups is 1. The summed E-state index contributed by atoms with van der Waals surface area (Å²) in [4.78, 5) is 0. The molecule has 0 aliphatic carbocycles. The molecule has 30 heavy (non-hydrogen) atoms. The Hall–Kier alpha value is -3.56. The third-order valence-corrected chi connectivity index (χ3v) is 4.81. The van der Waals surface area contributed by atoms with Gasteiger partial charge in [0.1, 0.15) is 30.8 Å². The van der Waals surface area contributed by atoms with Crippen LogP contribution in [0.15, 0.2) is 109 Å². The largest absolute Gasteiger partial charge is 0.490 e. The van der Waals surface area contributed by atoms with Gasteiger partial charge in [0.25, 0.3) is 0 Å². The smallest absolute Gasteiger partial charge is 0.127 e. The number of rotatable bonds is 8. The first-order valence-electron chi connectivity index (χ1n) is 10.0. The highest BCUT2D eigenvalue weighted by molar-refractivity contribution is 5.71. The third-order valence-electron chi connectivity index (χ3n) is 4.81. The standard InChI is InChI=1S/C27H24O3/c28-23(19-29-26-17-9-7-15-24(26)21-11-3-1-4-12-21)20-30-27-18-10-8-16-25(27)22-13-5-2-6-14-22/h1-18,23,28H,19-20H2. The molecule has 4 rings (SSSR count). The van der Waals surface area contributed by atoms with Crippen LogP contribution < -0.4 is 9.47 Å². The van der Waals surface area contributed by atoms with E-state index in [9.17, 15) is 5.11 Å². The van der Waals surface area contributed by atoms with E-state index in [0.717, 1.165) is 33.8 Å². The molecule has 0 unspecified atom stereocenters. The number of benzene rings is 4. The summed E-state index contributed by atoms with van der Waals surface area (Å²) in [6.07, 6.45) is -0.752. The fraction of sp³-hybridized carbons (Fsp3) is 0.111. The lowest BCUT2D eigenvalue weighted by atomic mass is 10.0. The Bertz CT molecular complexity index is 974. The Labute approximate surface area is 177 Å². The van der Waals surface area contributed by atoms with Crippen LogP contribution in [-0.4, -0.2) is 24.4 Å². The quantitative estimate of drug-likeness (QED) is 0.407. The molecule has 0 bridgehead atoms. The summed E-state index contributed by atoms with van der Waals surface area (Å²) in [5.74, 6) is 1.49. The van der Waals surface area contributed by atoms with Crippen LogP contribution >= 0.6 is 0 Å². The molecule has 0 saturated carbocycles. The first-order chi connectivity index (χ1) is 14.8. The Morgan fingerprint density at radius 3 is 1.30 bits per heavy atom. The van der Waals surface area contributed by atoms with Gasteiger partial charge < -0.3 is 14.6 Å². The van der Waals surface area contributed by atoms with E-state index < -0.39 is 6.10 Å². The minimum atomic E-state index is -0.752. The van der Waals surface area contributed by atoms with Gasteiger partial charge in [-0.3, -0.25) is 0 Å². The molecule has 3 heteroatoms. The lowest BCUT2D eigenvalue weighted by Gasteiger charge is -2.17. The molecule has 0 aliphatic heterocycles. The van der Waals surface area contributed by atoms with E-state index in [-0.39, 0.29) is 13.2 Å². The number of aliphatic hydroxyl groups excluding tert-OH is 1. The lowest BCUT2D eigenvalue weighted by molar-refractivity contribution is 0.0630. The maximum Gasteiger partial charge on any atom is 0.127 e. The second-order valence-electron chi connectivity index (χ2n) is 7.00. The van der Waals surface area contributed by atoms with E-state index in [0.29, 0.717) is 0 Å². The van der Waals surface area contributed by atoms with Crippen molar-refractivity contribution in [3.63, 3.8) is 0 Å². The Balaban J connectivity index is 1.39. The molecule has 3 nitrogen and oxygen atoms in total. The molecule has 0 heterocycles. The van der Waals surface area contributed by atoms with Crippen molar-refractivity contribution in [2.75, 3.05) is 13.2 Å². The van der Waals surface area contributed by atoms with Crippen molar-refractivity contribution in [1.29, 1.82) is 0 Å². The normalized spacial score (nSPS) is 10.7. The maximum absolute atomic E-state index is 10.4. The van der Waals surface area contributed by atoms with Crippen molar-refractivity contribution < 1.29 is 14.6 Å². The summed E-state index contributed by atoms with van der Waals surface area (Å²) in [5.41, 5.74) is 4.16. The van der Waals surface area contributed by atoms with Gasteiger partial charge >= 0.3 is 0 Å². The highest BCUT2D eigenvalue weighted by atomic mass is 16.5. The summed E-state index contributed by atoms with van der Waals surface area (Å²) in [5, 5.41) is 10.4. The van der Waals surface area contributed by atoms with Crippen LogP contribution in [0.1, 0.15) is 0 Å². The molecular weight excluding hydrogens is 372 g/mol. The molecule has 4 aromatic rings. The third kappa shape index (κ3) is 4.88. The lowest BCUT2D eigenvalue weighted by Crippen LogP contribution is -2.25. The van der Waals surface area contributed by atoms with Gasteiger partial charge in [0.05, 0.1) is 0 Å². The average Bonchev–Trinajstić information content (AvgIpc) is 2.83. The molecule has 0 atom stereocenters. The molecule has 4 aromatic carbocycles. The van der Waals surface area contributed by atoms with Gasteiger partial charge in [0.2, 0.25) is 0 Å². The summed E-state index contributed by atoms with van der Waals surface area (Å²) in [7, 11) is 0. The zero-order valence-corrected chi connectivity index (χ0v) is 16.6. The SMILES string of the molecule is OC(COc1ccccc1-c1ccccc1)COc1ccccc1-c1ccccc1. The van der Waals surface area contributed by atoms with Crippen molar-refractivity contribution in [1.82, 2.24) is 0 Å². The van der Waals surface area contributed by atoms with E-state index in [2.05, 4.69) is 0 Å². The highest BCUT2D eigenvalue weighted by Gasteiger charge is 2.12. The van der Waals surface area contributed by atoms with E-state index in [1.807, 2.05) is 109 Å². The fourth-order valence-corrected chi connectivity index (χ4v) is 3.32. The van der Waals surface area contributed by atoms with Crippen LogP contribution in [0.3, 0.4) is 0 Å². The number of hydrogen-bond acceptors (Lipinski definition) is 3. The van der Waals surface area contributed by atoms with E-state index in [1.54, 1.807) is 0 Å². The van der Waals surface area contributed by atoms with Gasteiger partial charge in [-0.05, 0) is 23.3 Å². The number of hydrogen-bond donors (Lipinski definition) is 1. The first-order valence-corrected chi connectivity index (χ1v) is 10.0. The van der Waals surface area contributed by atoms with Crippen molar-refractivity contribution in [2.45, 2.75) is 6.10 Å². The Morgan fingerprint density at radius 1 is 0.500 bits per heavy atom. The van der Waals surface area contributed by atoms with Gasteiger partial charge in [0, 0.05) is 11.1 Å². The van der Waals surface area contributed by atoms with Gasteiger partial charge in [-0.2, -0.15) is 0 Å². The van der Waals surface area contributed by atoms with Crippen molar-refractivity contribution in [3.05, 3.63) is 109 Å². The van der Waals surface area contributed by atoms with Crippen LogP contribution in [0.2, 0.25) is 0 Å². The zero-order valence-electron chi connectivity index (χ0n) is 16.6. The van der Waals surface area contributed by atoms with Gasteiger partial charge in [-0.1, -0.05) is 97.1 Å². The van der Waals surface area contributed by atoms with E-state index >= 15 is 0 Å². The zero-order chi connectivity index (χ0) is 20.6. The molecule has 0 aliphatic rings. The topological polar surface area (TPSA) is 38.7 Å². The number of ether oxygens (including phenoxy) is 2. The van der Waals surface area contributed by atoms with Gasteiger partial charge in [0.15, 0.2) is 0 Å². The molecular formula is C27H24O3. The van der Waals surface area contributed by atoms with E-state index in [4.69, 9.17) is 9.47 Å². The second-order valence-corrected chi connectivity index (χ2v) is 7.00. The predicted octanol–water partition coefficient (Wildman–Crippen LogP) is 5.84. The summed E-state index contributed by atoms with van der Waals surface area (Å²) in [6.45, 7) is 0.300. The molecule has 0 aromatic heterocycles. The van der Waals surface area contributed by atoms with Crippen molar-refractivity contribution >= 4 is 0 Å². The maximum atomic E-state index is 10.4. The van der Waals surface area contributed by atoms with Crippen LogP contribution in [-0.2, 0) is 0 Å². The number of para-hydroxylation sites is 2. The summed E-state index contributed by atoms with van der Waals surface area (Å²) in [6, 6.07) is 35.8. The van der Waals surface area contributed by atoms with E-state index in [1.165, 1.54) is 0 Å². The summed E-state index contributed by atoms with van der Waals surface area (Å²) >= 11 is 0. The monoisotopic (exact) mass is 396 g/mol. The minimum Gasteiger partial charge on any atom is -0.490 e. The van der Waals surface area contributed by atoms with Gasteiger partial charge in [-0.25, -0.2) is 0 Å². The molecule has 0 saturated heterocycles. The molecule has 0 fully saturated rings. The van der Waals surface area contributed by atoms with Crippen molar-refractivity contribution in [3.8, 4) is 33.8 Å².